The smallest absolute Gasteiger partial charge is 0.253 e. The molecule has 2 aromatic rings. The number of rotatable bonds is 3. The van der Waals surface area contributed by atoms with Crippen LogP contribution in [0.15, 0.2) is 36.4 Å². The van der Waals surface area contributed by atoms with Gasteiger partial charge in [-0.2, -0.15) is 0 Å². The molecule has 0 heterocycles. The molecule has 104 valence electrons. The van der Waals surface area contributed by atoms with Crippen LogP contribution in [0.25, 0.3) is 0 Å². The van der Waals surface area contributed by atoms with Crippen molar-refractivity contribution in [3.05, 3.63) is 63.4 Å². The average molecular weight is 313 g/mol. The summed E-state index contributed by atoms with van der Waals surface area (Å²) in [5.74, 6) is -0.855. The Labute approximate surface area is 125 Å². The fraction of sp³-hybridized carbons (Fsp3) is 0.0714. The van der Waals surface area contributed by atoms with Gasteiger partial charge >= 0.3 is 0 Å². The first-order valence-electron chi connectivity index (χ1n) is 5.74. The van der Waals surface area contributed by atoms with Crippen molar-refractivity contribution in [3.63, 3.8) is 0 Å². The Morgan fingerprint density at radius 2 is 1.95 bits per heavy atom. The number of halogens is 3. The molecule has 0 unspecified atom stereocenters. The van der Waals surface area contributed by atoms with Gasteiger partial charge < -0.3 is 11.1 Å². The third kappa shape index (κ3) is 3.40. The lowest BCUT2D eigenvalue weighted by molar-refractivity contribution is 0.0952. The SMILES string of the molecule is Nc1ccc(Cl)cc1C(=O)NCc1ccc(F)c(Cl)c1. The van der Waals surface area contributed by atoms with Crippen LogP contribution in [0.1, 0.15) is 15.9 Å². The van der Waals surface area contributed by atoms with Crippen molar-refractivity contribution in [2.24, 2.45) is 0 Å². The molecule has 0 aliphatic rings. The summed E-state index contributed by atoms with van der Waals surface area (Å²) in [5.41, 5.74) is 7.03. The highest BCUT2D eigenvalue weighted by Crippen LogP contribution is 2.19. The van der Waals surface area contributed by atoms with Crippen LogP contribution in [0.4, 0.5) is 10.1 Å². The van der Waals surface area contributed by atoms with Gasteiger partial charge in [-0.05, 0) is 35.9 Å². The molecule has 0 atom stereocenters. The second kappa shape index (κ2) is 6.11. The van der Waals surface area contributed by atoms with Crippen molar-refractivity contribution in [3.8, 4) is 0 Å². The molecule has 0 bridgehead atoms. The van der Waals surface area contributed by atoms with Gasteiger partial charge in [0.15, 0.2) is 0 Å². The molecule has 0 saturated carbocycles. The van der Waals surface area contributed by atoms with Gasteiger partial charge in [-0.15, -0.1) is 0 Å². The van der Waals surface area contributed by atoms with E-state index >= 15 is 0 Å². The van der Waals surface area contributed by atoms with Gasteiger partial charge in [-0.1, -0.05) is 29.3 Å². The van der Waals surface area contributed by atoms with E-state index in [1.54, 1.807) is 18.2 Å². The molecule has 2 aromatic carbocycles. The number of nitrogen functional groups attached to an aromatic ring is 1. The molecule has 0 aliphatic carbocycles. The van der Waals surface area contributed by atoms with Crippen LogP contribution in [0, 0.1) is 5.82 Å². The summed E-state index contributed by atoms with van der Waals surface area (Å²) in [6, 6.07) is 8.90. The second-order valence-corrected chi connectivity index (χ2v) is 5.01. The van der Waals surface area contributed by atoms with Gasteiger partial charge in [0.05, 0.1) is 10.6 Å². The van der Waals surface area contributed by atoms with Crippen molar-refractivity contribution in [2.45, 2.75) is 6.54 Å². The summed E-state index contributed by atoms with van der Waals surface area (Å²) in [7, 11) is 0. The maximum absolute atomic E-state index is 13.0. The number of nitrogens with one attached hydrogen (secondary N) is 1. The van der Waals surface area contributed by atoms with E-state index in [1.165, 1.54) is 18.2 Å². The molecule has 20 heavy (non-hydrogen) atoms. The lowest BCUT2D eigenvalue weighted by atomic mass is 10.1. The van der Waals surface area contributed by atoms with E-state index in [0.29, 0.717) is 21.8 Å². The van der Waals surface area contributed by atoms with Crippen LogP contribution < -0.4 is 11.1 Å². The summed E-state index contributed by atoms with van der Waals surface area (Å²) in [6.07, 6.45) is 0. The number of hydrogen-bond acceptors (Lipinski definition) is 2. The highest BCUT2D eigenvalue weighted by molar-refractivity contribution is 6.31. The monoisotopic (exact) mass is 312 g/mol. The van der Waals surface area contributed by atoms with Gasteiger partial charge in [0, 0.05) is 17.3 Å². The van der Waals surface area contributed by atoms with E-state index in [1.807, 2.05) is 0 Å². The summed E-state index contributed by atoms with van der Waals surface area (Å²) in [5, 5.41) is 3.11. The van der Waals surface area contributed by atoms with E-state index in [2.05, 4.69) is 5.32 Å². The predicted molar refractivity (Wildman–Crippen MR) is 78.4 cm³/mol. The van der Waals surface area contributed by atoms with Crippen LogP contribution in [0.3, 0.4) is 0 Å². The highest BCUT2D eigenvalue weighted by atomic mass is 35.5. The lowest BCUT2D eigenvalue weighted by Crippen LogP contribution is -2.23. The van der Waals surface area contributed by atoms with E-state index in [9.17, 15) is 9.18 Å². The number of amides is 1. The number of anilines is 1. The Hall–Kier alpha value is -1.78. The number of hydrogen-bond donors (Lipinski definition) is 2. The zero-order valence-electron chi connectivity index (χ0n) is 10.3. The van der Waals surface area contributed by atoms with Crippen LogP contribution in [-0.2, 0) is 6.54 Å². The van der Waals surface area contributed by atoms with Gasteiger partial charge in [0.25, 0.3) is 5.91 Å². The molecule has 0 spiro atoms. The van der Waals surface area contributed by atoms with Gasteiger partial charge in [0.1, 0.15) is 5.82 Å². The number of benzene rings is 2. The summed E-state index contributed by atoms with van der Waals surface area (Å²) < 4.78 is 13.0. The predicted octanol–water partition coefficient (Wildman–Crippen LogP) is 3.64. The molecule has 2 rings (SSSR count). The van der Waals surface area contributed by atoms with Crippen LogP contribution in [0.5, 0.6) is 0 Å². The Morgan fingerprint density at radius 3 is 2.65 bits per heavy atom. The number of carbonyl (C=O) groups excluding carboxylic acids is 1. The molecule has 0 radical (unpaired) electrons. The molecule has 3 nitrogen and oxygen atoms in total. The van der Waals surface area contributed by atoms with Crippen LogP contribution in [-0.4, -0.2) is 5.91 Å². The molecule has 0 aromatic heterocycles. The van der Waals surface area contributed by atoms with E-state index in [4.69, 9.17) is 28.9 Å². The number of carbonyl (C=O) groups is 1. The fourth-order valence-electron chi connectivity index (χ4n) is 1.65. The van der Waals surface area contributed by atoms with Crippen molar-refractivity contribution in [2.75, 3.05) is 5.73 Å². The van der Waals surface area contributed by atoms with Crippen molar-refractivity contribution < 1.29 is 9.18 Å². The quantitative estimate of drug-likeness (QED) is 0.850. The first kappa shape index (κ1) is 14.6. The van der Waals surface area contributed by atoms with Crippen molar-refractivity contribution in [1.29, 1.82) is 0 Å². The molecular weight excluding hydrogens is 302 g/mol. The molecule has 6 heteroatoms. The topological polar surface area (TPSA) is 55.1 Å². The minimum atomic E-state index is -0.499. The van der Waals surface area contributed by atoms with Gasteiger partial charge in [-0.25, -0.2) is 4.39 Å². The van der Waals surface area contributed by atoms with Crippen molar-refractivity contribution in [1.82, 2.24) is 5.32 Å². The maximum Gasteiger partial charge on any atom is 0.253 e. The maximum atomic E-state index is 13.0. The fourth-order valence-corrected chi connectivity index (χ4v) is 2.03. The Kier molecular flexibility index (Phi) is 4.47. The third-order valence-corrected chi connectivity index (χ3v) is 3.22. The molecule has 0 fully saturated rings. The Bertz CT molecular complexity index is 662. The Balaban J connectivity index is 2.08. The second-order valence-electron chi connectivity index (χ2n) is 4.16. The van der Waals surface area contributed by atoms with E-state index < -0.39 is 5.82 Å². The van der Waals surface area contributed by atoms with Gasteiger partial charge in [-0.3, -0.25) is 4.79 Å². The molecule has 0 saturated heterocycles. The molecule has 1 amide bonds. The zero-order chi connectivity index (χ0) is 14.7. The standard InChI is InChI=1S/C14H11Cl2FN2O/c15-9-2-4-13(18)10(6-9)14(20)19-7-8-1-3-12(17)11(16)5-8/h1-6H,7,18H2,(H,19,20). The summed E-state index contributed by atoms with van der Waals surface area (Å²) >= 11 is 11.5. The third-order valence-electron chi connectivity index (χ3n) is 2.70. The summed E-state index contributed by atoms with van der Waals surface area (Å²) in [6.45, 7) is 0.213. The Morgan fingerprint density at radius 1 is 1.20 bits per heavy atom. The van der Waals surface area contributed by atoms with Crippen LogP contribution >= 0.6 is 23.2 Å². The molecule has 3 N–H and O–H groups in total. The van der Waals surface area contributed by atoms with Crippen LogP contribution in [0.2, 0.25) is 10.0 Å². The molecule has 0 aliphatic heterocycles. The first-order valence-corrected chi connectivity index (χ1v) is 6.50. The lowest BCUT2D eigenvalue weighted by Gasteiger charge is -2.08. The zero-order valence-corrected chi connectivity index (χ0v) is 11.8. The van der Waals surface area contributed by atoms with Crippen molar-refractivity contribution >= 4 is 34.8 Å². The first-order chi connectivity index (χ1) is 9.47. The summed E-state index contributed by atoms with van der Waals surface area (Å²) in [4.78, 5) is 12.0. The largest absolute Gasteiger partial charge is 0.398 e. The average Bonchev–Trinajstić information content (AvgIpc) is 2.42. The minimum absolute atomic E-state index is 0.0130. The normalized spacial score (nSPS) is 10.3. The molecular formula is C14H11Cl2FN2O. The highest BCUT2D eigenvalue weighted by Gasteiger charge is 2.10. The van der Waals surface area contributed by atoms with E-state index in [-0.39, 0.29) is 17.5 Å². The number of nitrogens with two attached hydrogens (primary N) is 1. The minimum Gasteiger partial charge on any atom is -0.398 e. The van der Waals surface area contributed by atoms with Gasteiger partial charge in [0.2, 0.25) is 0 Å². The van der Waals surface area contributed by atoms with E-state index in [0.717, 1.165) is 0 Å².